The van der Waals surface area contributed by atoms with Crippen molar-refractivity contribution in [1.82, 2.24) is 0 Å². The number of fused-ring (bicyclic) bond motifs is 1. The second-order valence-corrected chi connectivity index (χ2v) is 6.56. The van der Waals surface area contributed by atoms with Crippen LogP contribution in [0.5, 0.6) is 0 Å². The first-order valence-corrected chi connectivity index (χ1v) is 8.57. The predicted octanol–water partition coefficient (Wildman–Crippen LogP) is 4.26. The van der Waals surface area contributed by atoms with E-state index < -0.39 is 0 Å². The number of anilines is 2. The molecule has 1 saturated heterocycles. The van der Waals surface area contributed by atoms with Crippen LogP contribution in [0.3, 0.4) is 0 Å². The van der Waals surface area contributed by atoms with E-state index in [1.165, 1.54) is 61.3 Å². The summed E-state index contributed by atoms with van der Waals surface area (Å²) in [5.74, 6) is 0. The molecule has 2 nitrogen and oxygen atoms in total. The number of aryl methyl sites for hydroxylation is 1. The number of para-hydroxylation sites is 2. The van der Waals surface area contributed by atoms with E-state index in [4.69, 9.17) is 0 Å². The fourth-order valence-electron chi connectivity index (χ4n) is 3.87. The Morgan fingerprint density at radius 3 is 2.45 bits per heavy atom. The number of hydrogen-bond donors (Lipinski definition) is 1. The van der Waals surface area contributed by atoms with Crippen molar-refractivity contribution in [2.75, 3.05) is 23.3 Å². The molecule has 0 bridgehead atoms. The molecule has 0 saturated carbocycles. The Morgan fingerprint density at radius 1 is 0.864 bits per heavy atom. The topological polar surface area (TPSA) is 15.3 Å². The van der Waals surface area contributed by atoms with Gasteiger partial charge in [-0.1, -0.05) is 36.4 Å². The molecular weight excluding hydrogens is 268 g/mol. The first-order chi connectivity index (χ1) is 10.9. The molecule has 1 atom stereocenters. The van der Waals surface area contributed by atoms with Gasteiger partial charge in [-0.2, -0.15) is 0 Å². The van der Waals surface area contributed by atoms with Crippen LogP contribution in [-0.4, -0.2) is 19.1 Å². The van der Waals surface area contributed by atoms with Crippen molar-refractivity contribution in [2.45, 2.75) is 38.1 Å². The summed E-state index contributed by atoms with van der Waals surface area (Å²) in [5, 5.41) is 3.83. The molecule has 4 rings (SSSR count). The van der Waals surface area contributed by atoms with Gasteiger partial charge < -0.3 is 10.2 Å². The maximum Gasteiger partial charge on any atom is 0.0602 e. The summed E-state index contributed by atoms with van der Waals surface area (Å²) in [4.78, 5) is 2.53. The molecule has 0 spiro atoms. The highest BCUT2D eigenvalue weighted by atomic mass is 15.2. The predicted molar refractivity (Wildman–Crippen MR) is 93.8 cm³/mol. The van der Waals surface area contributed by atoms with Gasteiger partial charge in [0.2, 0.25) is 0 Å². The van der Waals surface area contributed by atoms with Crippen LogP contribution in [0.4, 0.5) is 11.4 Å². The van der Waals surface area contributed by atoms with Crippen LogP contribution in [-0.2, 0) is 12.8 Å². The Labute approximate surface area is 133 Å². The Balaban J connectivity index is 1.52. The average Bonchev–Trinajstić information content (AvgIpc) is 3.10. The van der Waals surface area contributed by atoms with Crippen molar-refractivity contribution in [2.24, 2.45) is 0 Å². The zero-order chi connectivity index (χ0) is 14.8. The smallest absolute Gasteiger partial charge is 0.0602 e. The molecule has 1 aliphatic carbocycles. The lowest BCUT2D eigenvalue weighted by Gasteiger charge is -2.29. The Kier molecular flexibility index (Phi) is 3.75. The van der Waals surface area contributed by atoms with Crippen LogP contribution >= 0.6 is 0 Å². The third-order valence-electron chi connectivity index (χ3n) is 5.06. The summed E-state index contributed by atoms with van der Waals surface area (Å²) in [6.45, 7) is 2.40. The Bertz CT molecular complexity index is 644. The maximum absolute atomic E-state index is 3.83. The van der Waals surface area contributed by atoms with Crippen molar-refractivity contribution < 1.29 is 0 Å². The van der Waals surface area contributed by atoms with Crippen LogP contribution in [0, 0.1) is 0 Å². The normalized spacial score (nSPS) is 20.7. The van der Waals surface area contributed by atoms with Gasteiger partial charge in [-0.3, -0.25) is 0 Å². The molecule has 2 aromatic rings. The molecule has 22 heavy (non-hydrogen) atoms. The summed E-state index contributed by atoms with van der Waals surface area (Å²) in [5.41, 5.74) is 5.76. The molecule has 114 valence electrons. The molecule has 2 heteroatoms. The average molecular weight is 292 g/mol. The van der Waals surface area contributed by atoms with Gasteiger partial charge in [-0.05, 0) is 55.4 Å². The van der Waals surface area contributed by atoms with Crippen molar-refractivity contribution in [3.05, 3.63) is 59.7 Å². The monoisotopic (exact) mass is 292 g/mol. The lowest BCUT2D eigenvalue weighted by Crippen LogP contribution is -2.28. The fraction of sp³-hybridized carbons (Fsp3) is 0.400. The SMILES string of the molecule is c1ccc2c(c1)CCC(Nc1ccccc1N1CCCC1)C2. The molecule has 0 amide bonds. The number of nitrogens with one attached hydrogen (secondary N) is 1. The van der Waals surface area contributed by atoms with E-state index in [0.29, 0.717) is 6.04 Å². The second-order valence-electron chi connectivity index (χ2n) is 6.56. The highest BCUT2D eigenvalue weighted by Gasteiger charge is 2.20. The van der Waals surface area contributed by atoms with Crippen LogP contribution in [0.2, 0.25) is 0 Å². The lowest BCUT2D eigenvalue weighted by molar-refractivity contribution is 0.611. The van der Waals surface area contributed by atoms with Crippen LogP contribution in [0.25, 0.3) is 0 Å². The lowest BCUT2D eigenvalue weighted by atomic mass is 9.88. The van der Waals surface area contributed by atoms with E-state index in [1.54, 1.807) is 0 Å². The van der Waals surface area contributed by atoms with Gasteiger partial charge in [0.05, 0.1) is 11.4 Å². The first kappa shape index (κ1) is 13.7. The highest BCUT2D eigenvalue weighted by molar-refractivity contribution is 5.70. The third kappa shape index (κ3) is 2.70. The molecule has 0 radical (unpaired) electrons. The van der Waals surface area contributed by atoms with Crippen LogP contribution < -0.4 is 10.2 Å². The van der Waals surface area contributed by atoms with E-state index in [9.17, 15) is 0 Å². The summed E-state index contributed by atoms with van der Waals surface area (Å²) in [7, 11) is 0. The summed E-state index contributed by atoms with van der Waals surface area (Å²) >= 11 is 0. The van der Waals surface area contributed by atoms with Gasteiger partial charge in [0, 0.05) is 19.1 Å². The first-order valence-electron chi connectivity index (χ1n) is 8.57. The fourth-order valence-corrected chi connectivity index (χ4v) is 3.87. The van der Waals surface area contributed by atoms with E-state index >= 15 is 0 Å². The third-order valence-corrected chi connectivity index (χ3v) is 5.06. The van der Waals surface area contributed by atoms with E-state index in [0.717, 1.165) is 6.42 Å². The van der Waals surface area contributed by atoms with Crippen molar-refractivity contribution in [3.63, 3.8) is 0 Å². The summed E-state index contributed by atoms with van der Waals surface area (Å²) in [6.07, 6.45) is 6.21. The van der Waals surface area contributed by atoms with Gasteiger partial charge in [0.15, 0.2) is 0 Å². The Hall–Kier alpha value is -1.96. The zero-order valence-electron chi connectivity index (χ0n) is 13.1. The molecule has 2 aliphatic rings. The number of benzene rings is 2. The molecule has 1 N–H and O–H groups in total. The minimum absolute atomic E-state index is 0.554. The van der Waals surface area contributed by atoms with Crippen molar-refractivity contribution >= 4 is 11.4 Å². The molecule has 2 aromatic carbocycles. The molecule has 1 heterocycles. The molecule has 1 fully saturated rings. The van der Waals surface area contributed by atoms with Crippen LogP contribution in [0.1, 0.15) is 30.4 Å². The minimum atomic E-state index is 0.554. The highest BCUT2D eigenvalue weighted by Crippen LogP contribution is 2.31. The van der Waals surface area contributed by atoms with Crippen molar-refractivity contribution in [3.8, 4) is 0 Å². The van der Waals surface area contributed by atoms with Crippen molar-refractivity contribution in [1.29, 1.82) is 0 Å². The summed E-state index contributed by atoms with van der Waals surface area (Å²) in [6, 6.07) is 18.3. The summed E-state index contributed by atoms with van der Waals surface area (Å²) < 4.78 is 0. The van der Waals surface area contributed by atoms with Gasteiger partial charge in [-0.25, -0.2) is 0 Å². The van der Waals surface area contributed by atoms with Gasteiger partial charge in [0.25, 0.3) is 0 Å². The minimum Gasteiger partial charge on any atom is -0.380 e. The van der Waals surface area contributed by atoms with E-state index in [1.807, 2.05) is 0 Å². The van der Waals surface area contributed by atoms with Crippen LogP contribution in [0.15, 0.2) is 48.5 Å². The second kappa shape index (κ2) is 6.04. The number of hydrogen-bond acceptors (Lipinski definition) is 2. The quantitative estimate of drug-likeness (QED) is 0.909. The van der Waals surface area contributed by atoms with E-state index in [2.05, 4.69) is 58.7 Å². The van der Waals surface area contributed by atoms with E-state index in [-0.39, 0.29) is 0 Å². The number of nitrogens with zero attached hydrogens (tertiary/aromatic N) is 1. The zero-order valence-corrected chi connectivity index (χ0v) is 13.1. The molecular formula is C20H24N2. The molecule has 0 aromatic heterocycles. The standard InChI is InChI=1S/C20H24N2/c1-2-8-17-15-18(12-11-16(17)7-1)21-19-9-3-4-10-20(19)22-13-5-6-14-22/h1-4,7-10,18,21H,5-6,11-15H2. The van der Waals surface area contributed by atoms with Gasteiger partial charge in [-0.15, -0.1) is 0 Å². The molecule has 1 aliphatic heterocycles. The maximum atomic E-state index is 3.83. The number of rotatable bonds is 3. The molecule has 1 unspecified atom stereocenters. The van der Waals surface area contributed by atoms with Gasteiger partial charge in [0.1, 0.15) is 0 Å². The van der Waals surface area contributed by atoms with Gasteiger partial charge >= 0.3 is 0 Å². The largest absolute Gasteiger partial charge is 0.380 e. The Morgan fingerprint density at radius 2 is 1.59 bits per heavy atom.